The van der Waals surface area contributed by atoms with Crippen LogP contribution in [-0.4, -0.2) is 31.7 Å². The summed E-state index contributed by atoms with van der Waals surface area (Å²) >= 11 is 0. The molecule has 1 amide bonds. The van der Waals surface area contributed by atoms with Crippen LogP contribution in [0.1, 0.15) is 11.1 Å². The van der Waals surface area contributed by atoms with E-state index in [0.29, 0.717) is 36.0 Å². The van der Waals surface area contributed by atoms with Gasteiger partial charge in [-0.2, -0.15) is 5.26 Å². The van der Waals surface area contributed by atoms with Gasteiger partial charge in [-0.05, 0) is 48.0 Å². The molecule has 0 saturated carbocycles. The molecule has 0 radical (unpaired) electrons. The Bertz CT molecular complexity index is 913. The molecule has 2 aromatic carbocycles. The number of nitriles is 1. The second-order valence-corrected chi connectivity index (χ2v) is 5.58. The maximum atomic E-state index is 11.8. The lowest BCUT2D eigenvalue weighted by Gasteiger charge is -2.18. The normalized spacial score (nSPS) is 12.3. The largest absolute Gasteiger partial charge is 0.486 e. The van der Waals surface area contributed by atoms with Gasteiger partial charge in [0.05, 0.1) is 11.6 Å². The average molecular weight is 364 g/mol. The number of carbonyl (C=O) groups excluding carboxylic acids is 2. The van der Waals surface area contributed by atoms with Crippen molar-refractivity contribution in [3.05, 3.63) is 59.7 Å². The van der Waals surface area contributed by atoms with E-state index in [9.17, 15) is 9.59 Å². The summed E-state index contributed by atoms with van der Waals surface area (Å²) < 4.78 is 15.8. The van der Waals surface area contributed by atoms with Crippen LogP contribution in [-0.2, 0) is 14.3 Å². The van der Waals surface area contributed by atoms with Crippen molar-refractivity contribution in [3.8, 4) is 17.6 Å². The average Bonchev–Trinajstić information content (AvgIpc) is 2.71. The number of ether oxygens (including phenoxy) is 3. The molecule has 2 aromatic rings. The highest BCUT2D eigenvalue weighted by molar-refractivity contribution is 5.94. The number of carbonyl (C=O) groups is 2. The van der Waals surface area contributed by atoms with Crippen molar-refractivity contribution >= 4 is 23.6 Å². The molecule has 1 N–H and O–H groups in total. The Morgan fingerprint density at radius 3 is 2.59 bits per heavy atom. The summed E-state index contributed by atoms with van der Waals surface area (Å²) in [5.74, 6) is 0.180. The fraction of sp³-hybridized carbons (Fsp3) is 0.150. The van der Waals surface area contributed by atoms with E-state index in [1.54, 1.807) is 48.5 Å². The fourth-order valence-corrected chi connectivity index (χ4v) is 2.34. The van der Waals surface area contributed by atoms with E-state index in [0.717, 1.165) is 5.56 Å². The maximum Gasteiger partial charge on any atom is 0.331 e. The number of anilines is 1. The molecule has 136 valence electrons. The number of fused-ring (bicyclic) bond motifs is 1. The predicted molar refractivity (Wildman–Crippen MR) is 97.2 cm³/mol. The molecule has 0 aromatic heterocycles. The Hall–Kier alpha value is -3.79. The van der Waals surface area contributed by atoms with Crippen molar-refractivity contribution in [2.24, 2.45) is 0 Å². The van der Waals surface area contributed by atoms with Gasteiger partial charge in [0.2, 0.25) is 0 Å². The first-order chi connectivity index (χ1) is 13.1. The van der Waals surface area contributed by atoms with Gasteiger partial charge < -0.3 is 19.5 Å². The molecule has 1 heterocycles. The van der Waals surface area contributed by atoms with E-state index in [1.807, 2.05) is 6.07 Å². The van der Waals surface area contributed by atoms with E-state index in [4.69, 9.17) is 19.5 Å². The molecule has 0 atom stereocenters. The number of nitrogens with one attached hydrogen (secondary N) is 1. The first kappa shape index (κ1) is 18.0. The molecule has 1 aliphatic rings. The Labute approximate surface area is 155 Å². The molecule has 3 rings (SSSR count). The summed E-state index contributed by atoms with van der Waals surface area (Å²) in [7, 11) is 0. The minimum Gasteiger partial charge on any atom is -0.486 e. The second-order valence-electron chi connectivity index (χ2n) is 5.58. The van der Waals surface area contributed by atoms with E-state index in [1.165, 1.54) is 6.08 Å². The Morgan fingerprint density at radius 1 is 1.11 bits per heavy atom. The SMILES string of the molecule is N#Cc1ccc(NC(=O)COC(=O)/C=C/c2ccc3c(c2)OCCO3)cc1. The summed E-state index contributed by atoms with van der Waals surface area (Å²) in [6.45, 7) is 0.583. The Kier molecular flexibility index (Phi) is 5.70. The van der Waals surface area contributed by atoms with Crippen molar-refractivity contribution in [1.82, 2.24) is 0 Å². The van der Waals surface area contributed by atoms with Crippen LogP contribution in [0, 0.1) is 11.3 Å². The molecule has 0 saturated heterocycles. The zero-order valence-corrected chi connectivity index (χ0v) is 14.3. The standard InChI is InChI=1S/C20H16N2O5/c21-12-15-1-5-16(6-2-15)22-19(23)13-27-20(24)8-4-14-3-7-17-18(11-14)26-10-9-25-17/h1-8,11H,9-10,13H2,(H,22,23)/b8-4+. The van der Waals surface area contributed by atoms with E-state index < -0.39 is 18.5 Å². The third-order valence-electron chi connectivity index (χ3n) is 3.62. The number of esters is 1. The van der Waals surface area contributed by atoms with E-state index in [-0.39, 0.29) is 0 Å². The molecule has 0 fully saturated rings. The van der Waals surface area contributed by atoms with Crippen molar-refractivity contribution in [2.75, 3.05) is 25.1 Å². The van der Waals surface area contributed by atoms with Crippen molar-refractivity contribution in [3.63, 3.8) is 0 Å². The van der Waals surface area contributed by atoms with Gasteiger partial charge in [-0.1, -0.05) is 6.07 Å². The summed E-state index contributed by atoms with van der Waals surface area (Å²) in [5, 5.41) is 11.3. The number of amides is 1. The third kappa shape index (κ3) is 5.09. The smallest absolute Gasteiger partial charge is 0.331 e. The van der Waals surface area contributed by atoms with Gasteiger partial charge in [0.25, 0.3) is 5.91 Å². The summed E-state index contributed by atoms with van der Waals surface area (Å²) in [5.41, 5.74) is 1.75. The van der Waals surface area contributed by atoms with Gasteiger partial charge in [-0.15, -0.1) is 0 Å². The monoisotopic (exact) mass is 364 g/mol. The number of benzene rings is 2. The van der Waals surface area contributed by atoms with Gasteiger partial charge in [0.15, 0.2) is 18.1 Å². The van der Waals surface area contributed by atoms with Crippen LogP contribution >= 0.6 is 0 Å². The van der Waals surface area contributed by atoms with Crippen LogP contribution in [0.2, 0.25) is 0 Å². The van der Waals surface area contributed by atoms with Gasteiger partial charge in [-0.25, -0.2) is 4.79 Å². The van der Waals surface area contributed by atoms with Crippen LogP contribution in [0.15, 0.2) is 48.5 Å². The van der Waals surface area contributed by atoms with Gasteiger partial charge in [0.1, 0.15) is 13.2 Å². The molecule has 0 spiro atoms. The topological polar surface area (TPSA) is 97.7 Å². The molecule has 1 aliphatic heterocycles. The molecule has 0 unspecified atom stereocenters. The minimum atomic E-state index is -0.639. The molecular formula is C20H16N2O5. The molecule has 7 nitrogen and oxygen atoms in total. The summed E-state index contributed by atoms with van der Waals surface area (Å²) in [6, 6.07) is 13.7. The van der Waals surface area contributed by atoms with Crippen LogP contribution in [0.5, 0.6) is 11.5 Å². The van der Waals surface area contributed by atoms with Gasteiger partial charge in [0, 0.05) is 11.8 Å². The summed E-state index contributed by atoms with van der Waals surface area (Å²) in [4.78, 5) is 23.6. The quantitative estimate of drug-likeness (QED) is 0.647. The molecular weight excluding hydrogens is 348 g/mol. The number of rotatable bonds is 5. The number of nitrogens with zero attached hydrogens (tertiary/aromatic N) is 1. The molecule has 27 heavy (non-hydrogen) atoms. The lowest BCUT2D eigenvalue weighted by Crippen LogP contribution is -2.20. The molecule has 0 bridgehead atoms. The molecule has 0 aliphatic carbocycles. The first-order valence-electron chi connectivity index (χ1n) is 8.18. The first-order valence-corrected chi connectivity index (χ1v) is 8.18. The second kappa shape index (κ2) is 8.54. The van der Waals surface area contributed by atoms with Crippen molar-refractivity contribution < 1.29 is 23.8 Å². The Balaban J connectivity index is 1.48. The van der Waals surface area contributed by atoms with Gasteiger partial charge in [-0.3, -0.25) is 4.79 Å². The maximum absolute atomic E-state index is 11.8. The fourth-order valence-electron chi connectivity index (χ4n) is 2.34. The van der Waals surface area contributed by atoms with Crippen LogP contribution in [0.25, 0.3) is 6.08 Å². The lowest BCUT2D eigenvalue weighted by atomic mass is 10.2. The number of hydrogen-bond donors (Lipinski definition) is 1. The zero-order valence-electron chi connectivity index (χ0n) is 14.3. The van der Waals surface area contributed by atoms with E-state index in [2.05, 4.69) is 5.32 Å². The third-order valence-corrected chi connectivity index (χ3v) is 3.62. The zero-order chi connectivity index (χ0) is 19.1. The van der Waals surface area contributed by atoms with Crippen molar-refractivity contribution in [2.45, 2.75) is 0 Å². The number of hydrogen-bond acceptors (Lipinski definition) is 6. The van der Waals surface area contributed by atoms with Crippen LogP contribution in [0.4, 0.5) is 5.69 Å². The van der Waals surface area contributed by atoms with Crippen molar-refractivity contribution in [1.29, 1.82) is 5.26 Å². The minimum absolute atomic E-state index is 0.412. The summed E-state index contributed by atoms with van der Waals surface area (Å²) in [6.07, 6.45) is 2.81. The highest BCUT2D eigenvalue weighted by Gasteiger charge is 2.11. The predicted octanol–water partition coefficient (Wildman–Crippen LogP) is 2.52. The Morgan fingerprint density at radius 2 is 1.85 bits per heavy atom. The van der Waals surface area contributed by atoms with Crippen LogP contribution in [0.3, 0.4) is 0 Å². The lowest BCUT2D eigenvalue weighted by molar-refractivity contribution is -0.142. The highest BCUT2D eigenvalue weighted by Crippen LogP contribution is 2.31. The highest BCUT2D eigenvalue weighted by atomic mass is 16.6. The van der Waals surface area contributed by atoms with E-state index >= 15 is 0 Å². The molecule has 7 heteroatoms. The van der Waals surface area contributed by atoms with Gasteiger partial charge >= 0.3 is 5.97 Å². The van der Waals surface area contributed by atoms with Crippen LogP contribution < -0.4 is 14.8 Å².